The molecule has 8 heteroatoms. The molecule has 0 amide bonds. The van der Waals surface area contributed by atoms with Crippen molar-refractivity contribution in [3.63, 3.8) is 0 Å². The van der Waals surface area contributed by atoms with Crippen LogP contribution in [0.1, 0.15) is 32.1 Å². The first-order chi connectivity index (χ1) is 11.3. The number of nitrogens with one attached hydrogen (secondary N) is 2. The summed E-state index contributed by atoms with van der Waals surface area (Å²) in [5, 5.41) is 6.48. The van der Waals surface area contributed by atoms with Crippen LogP contribution in [0.25, 0.3) is 0 Å². The van der Waals surface area contributed by atoms with E-state index < -0.39 is 0 Å². The number of rotatable bonds is 11. The van der Waals surface area contributed by atoms with Gasteiger partial charge in [0.05, 0.1) is 20.3 Å². The maximum atomic E-state index is 11.0. The van der Waals surface area contributed by atoms with Crippen molar-refractivity contribution in [2.75, 3.05) is 53.7 Å². The number of nitrogens with zero attached hydrogens (tertiary/aromatic N) is 1. The number of carbonyl (C=O) groups excluding carboxylic acids is 1. The van der Waals surface area contributed by atoms with Crippen LogP contribution in [0.2, 0.25) is 0 Å². The molecule has 1 aliphatic rings. The van der Waals surface area contributed by atoms with Crippen LogP contribution >= 0.6 is 24.0 Å². The van der Waals surface area contributed by atoms with Gasteiger partial charge < -0.3 is 24.8 Å². The van der Waals surface area contributed by atoms with Crippen LogP contribution < -0.4 is 10.6 Å². The highest BCUT2D eigenvalue weighted by molar-refractivity contribution is 14.0. The molecule has 7 nitrogen and oxygen atoms in total. The predicted molar refractivity (Wildman–Crippen MR) is 105 cm³/mol. The summed E-state index contributed by atoms with van der Waals surface area (Å²) in [6, 6.07) is 0. The Balaban J connectivity index is 0.00000529. The first-order valence-corrected chi connectivity index (χ1v) is 8.43. The Morgan fingerprint density at radius 3 is 2.62 bits per heavy atom. The average molecular weight is 457 g/mol. The fourth-order valence-electron chi connectivity index (χ4n) is 2.27. The van der Waals surface area contributed by atoms with Crippen LogP contribution in [0.4, 0.5) is 0 Å². The molecule has 1 heterocycles. The molecule has 1 saturated heterocycles. The van der Waals surface area contributed by atoms with Crippen molar-refractivity contribution in [2.45, 2.75) is 32.1 Å². The first kappa shape index (κ1) is 23.4. The van der Waals surface area contributed by atoms with Gasteiger partial charge in [0.2, 0.25) is 0 Å². The van der Waals surface area contributed by atoms with Crippen LogP contribution in [-0.4, -0.2) is 65.6 Å². The number of unbranched alkanes of at least 4 members (excludes halogenated alkanes) is 1. The minimum Gasteiger partial charge on any atom is -0.469 e. The normalized spacial score (nSPS) is 17.2. The van der Waals surface area contributed by atoms with Crippen molar-refractivity contribution >= 4 is 35.9 Å². The molecule has 0 spiro atoms. The van der Waals surface area contributed by atoms with E-state index in [-0.39, 0.29) is 29.9 Å². The van der Waals surface area contributed by atoms with Crippen LogP contribution in [-0.2, 0) is 19.0 Å². The SMILES string of the molecule is CN=C(NCCCCC(=O)OC)NCCCOCC1CCOC1.I. The van der Waals surface area contributed by atoms with Crippen molar-refractivity contribution in [3.05, 3.63) is 0 Å². The van der Waals surface area contributed by atoms with E-state index in [2.05, 4.69) is 20.4 Å². The van der Waals surface area contributed by atoms with Crippen LogP contribution in [0.15, 0.2) is 4.99 Å². The quantitative estimate of drug-likeness (QED) is 0.161. The van der Waals surface area contributed by atoms with Crippen molar-refractivity contribution < 1.29 is 19.0 Å². The monoisotopic (exact) mass is 457 g/mol. The molecule has 142 valence electrons. The second kappa shape index (κ2) is 15.9. The average Bonchev–Trinajstić information content (AvgIpc) is 3.08. The lowest BCUT2D eigenvalue weighted by Crippen LogP contribution is -2.38. The molecule has 1 atom stereocenters. The van der Waals surface area contributed by atoms with Crippen LogP contribution in [0, 0.1) is 5.92 Å². The van der Waals surface area contributed by atoms with Crippen LogP contribution in [0.3, 0.4) is 0 Å². The van der Waals surface area contributed by atoms with Crippen molar-refractivity contribution in [1.82, 2.24) is 10.6 Å². The molecule has 2 N–H and O–H groups in total. The molecule has 0 bridgehead atoms. The molecule has 1 aliphatic heterocycles. The van der Waals surface area contributed by atoms with E-state index in [9.17, 15) is 4.79 Å². The van der Waals surface area contributed by atoms with Gasteiger partial charge in [-0.25, -0.2) is 0 Å². The number of ether oxygens (including phenoxy) is 3. The van der Waals surface area contributed by atoms with E-state index in [4.69, 9.17) is 9.47 Å². The van der Waals surface area contributed by atoms with Gasteiger partial charge >= 0.3 is 5.97 Å². The number of aliphatic imine (C=N–C) groups is 1. The lowest BCUT2D eigenvalue weighted by atomic mass is 10.1. The Morgan fingerprint density at radius 1 is 1.25 bits per heavy atom. The van der Waals surface area contributed by atoms with E-state index in [0.717, 1.165) is 71.2 Å². The summed E-state index contributed by atoms with van der Waals surface area (Å²) in [4.78, 5) is 15.1. The highest BCUT2D eigenvalue weighted by atomic mass is 127. The van der Waals surface area contributed by atoms with E-state index in [1.54, 1.807) is 7.05 Å². The molecule has 0 aromatic rings. The zero-order valence-corrected chi connectivity index (χ0v) is 17.2. The van der Waals surface area contributed by atoms with Crippen molar-refractivity contribution in [3.8, 4) is 0 Å². The maximum Gasteiger partial charge on any atom is 0.305 e. The van der Waals surface area contributed by atoms with Gasteiger partial charge in [-0.2, -0.15) is 0 Å². The number of esters is 1. The summed E-state index contributed by atoms with van der Waals surface area (Å²) in [6.45, 7) is 4.87. The van der Waals surface area contributed by atoms with E-state index in [1.807, 2.05) is 0 Å². The van der Waals surface area contributed by atoms with E-state index >= 15 is 0 Å². The summed E-state index contributed by atoms with van der Waals surface area (Å²) in [7, 11) is 3.16. The topological polar surface area (TPSA) is 81.2 Å². The number of hydrogen-bond acceptors (Lipinski definition) is 5. The molecule has 1 unspecified atom stereocenters. The summed E-state index contributed by atoms with van der Waals surface area (Å²) < 4.78 is 15.6. The van der Waals surface area contributed by atoms with Gasteiger partial charge in [-0.1, -0.05) is 0 Å². The minimum absolute atomic E-state index is 0. The third-order valence-electron chi connectivity index (χ3n) is 3.69. The molecule has 24 heavy (non-hydrogen) atoms. The molecule has 1 fully saturated rings. The second-order valence-corrected chi connectivity index (χ2v) is 5.62. The summed E-state index contributed by atoms with van der Waals surface area (Å²) >= 11 is 0. The van der Waals surface area contributed by atoms with Crippen LogP contribution in [0.5, 0.6) is 0 Å². The number of guanidine groups is 1. The Morgan fingerprint density at radius 2 is 2.00 bits per heavy atom. The summed E-state index contributed by atoms with van der Waals surface area (Å²) in [5.74, 6) is 1.20. The molecule has 0 radical (unpaired) electrons. The van der Waals surface area contributed by atoms with Gasteiger partial charge in [0.15, 0.2) is 5.96 Å². The third-order valence-corrected chi connectivity index (χ3v) is 3.69. The summed E-state index contributed by atoms with van der Waals surface area (Å²) in [6.07, 6.45) is 4.24. The second-order valence-electron chi connectivity index (χ2n) is 5.62. The molecule has 0 aliphatic carbocycles. The Kier molecular flexibility index (Phi) is 15.5. The van der Waals surface area contributed by atoms with E-state index in [0.29, 0.717) is 12.3 Å². The molecule has 0 aromatic carbocycles. The van der Waals surface area contributed by atoms with Crippen molar-refractivity contribution in [1.29, 1.82) is 0 Å². The third kappa shape index (κ3) is 11.9. The zero-order chi connectivity index (χ0) is 16.8. The standard InChI is InChI=1S/C16H31N3O4.HI/c1-17-16(18-8-4-3-6-15(20)21-2)19-9-5-10-22-12-14-7-11-23-13-14;/h14H,3-13H2,1-2H3,(H2,17,18,19);1H. The number of hydrogen-bond donors (Lipinski definition) is 2. The largest absolute Gasteiger partial charge is 0.469 e. The van der Waals surface area contributed by atoms with Crippen molar-refractivity contribution in [2.24, 2.45) is 10.9 Å². The predicted octanol–water partition coefficient (Wildman–Crippen LogP) is 1.56. The lowest BCUT2D eigenvalue weighted by molar-refractivity contribution is -0.140. The fourth-order valence-corrected chi connectivity index (χ4v) is 2.27. The summed E-state index contributed by atoms with van der Waals surface area (Å²) in [5.41, 5.74) is 0. The fraction of sp³-hybridized carbons (Fsp3) is 0.875. The maximum absolute atomic E-state index is 11.0. The molecular formula is C16H32IN3O4. The zero-order valence-electron chi connectivity index (χ0n) is 14.8. The van der Waals surface area contributed by atoms with Gasteiger partial charge in [0, 0.05) is 45.7 Å². The number of halogens is 1. The minimum atomic E-state index is -0.156. The van der Waals surface area contributed by atoms with E-state index in [1.165, 1.54) is 7.11 Å². The van der Waals surface area contributed by atoms with Gasteiger partial charge in [-0.15, -0.1) is 24.0 Å². The Bertz CT molecular complexity index is 350. The molecule has 1 rings (SSSR count). The van der Waals surface area contributed by atoms with Gasteiger partial charge in [0.1, 0.15) is 0 Å². The number of methoxy groups -OCH3 is 1. The Labute approximate surface area is 162 Å². The highest BCUT2D eigenvalue weighted by Gasteiger charge is 2.15. The first-order valence-electron chi connectivity index (χ1n) is 8.43. The molecule has 0 aromatic heterocycles. The number of carbonyl (C=O) groups is 1. The smallest absolute Gasteiger partial charge is 0.305 e. The van der Waals surface area contributed by atoms with Gasteiger partial charge in [-0.3, -0.25) is 9.79 Å². The van der Waals surface area contributed by atoms with Gasteiger partial charge in [-0.05, 0) is 25.7 Å². The van der Waals surface area contributed by atoms with Gasteiger partial charge in [0.25, 0.3) is 0 Å². The lowest BCUT2D eigenvalue weighted by Gasteiger charge is -2.12. The molecular weight excluding hydrogens is 425 g/mol. The molecule has 0 saturated carbocycles. The highest BCUT2D eigenvalue weighted by Crippen LogP contribution is 2.12. The Hall–Kier alpha value is -0.610.